The van der Waals surface area contributed by atoms with Gasteiger partial charge in [-0.15, -0.1) is 0 Å². The molecule has 0 amide bonds. The number of aromatic carboxylic acids is 1. The van der Waals surface area contributed by atoms with Crippen molar-refractivity contribution in [3.63, 3.8) is 0 Å². The molecular weight excluding hydrogens is 354 g/mol. The zero-order valence-corrected chi connectivity index (χ0v) is 14.2. The van der Waals surface area contributed by atoms with Crippen molar-refractivity contribution < 1.29 is 9.90 Å². The number of aromatic nitrogens is 3. The van der Waals surface area contributed by atoms with Gasteiger partial charge in [0.25, 0.3) is 0 Å². The number of halogens is 1. The van der Waals surface area contributed by atoms with E-state index in [1.807, 2.05) is 4.68 Å². The van der Waals surface area contributed by atoms with Gasteiger partial charge < -0.3 is 5.11 Å². The smallest absolute Gasteiger partial charge is 0.335 e. The lowest BCUT2D eigenvalue weighted by atomic mass is 10.3. The van der Waals surface area contributed by atoms with E-state index >= 15 is 0 Å². The molecule has 1 N–H and O–H groups in total. The quantitative estimate of drug-likeness (QED) is 0.787. The highest BCUT2D eigenvalue weighted by Crippen LogP contribution is 2.29. The lowest BCUT2D eigenvalue weighted by Crippen LogP contribution is -2.02. The van der Waals surface area contributed by atoms with Crippen molar-refractivity contribution in [1.29, 1.82) is 0 Å². The summed E-state index contributed by atoms with van der Waals surface area (Å²) in [5.41, 5.74) is 2.39. The first-order valence-corrected chi connectivity index (χ1v) is 8.40. The summed E-state index contributed by atoms with van der Waals surface area (Å²) in [6.07, 6.45) is 2.40. The van der Waals surface area contributed by atoms with E-state index in [1.54, 1.807) is 6.07 Å². The van der Waals surface area contributed by atoms with Crippen molar-refractivity contribution in [1.82, 2.24) is 14.8 Å². The first kappa shape index (κ1) is 16.0. The maximum atomic E-state index is 11.0. The Morgan fingerprint density at radius 3 is 2.86 bits per heavy atom. The second-order valence-electron chi connectivity index (χ2n) is 4.35. The van der Waals surface area contributed by atoms with E-state index in [4.69, 9.17) is 5.11 Å². The molecule has 21 heavy (non-hydrogen) atoms. The summed E-state index contributed by atoms with van der Waals surface area (Å²) >= 11 is 5.11. The molecule has 0 aliphatic rings. The van der Waals surface area contributed by atoms with Crippen molar-refractivity contribution >= 4 is 33.7 Å². The van der Waals surface area contributed by atoms with Crippen LogP contribution in [0.5, 0.6) is 0 Å². The monoisotopic (exact) mass is 369 g/mol. The average molecular weight is 370 g/mol. The second kappa shape index (κ2) is 7.09. The number of rotatable bonds is 6. The molecule has 5 nitrogen and oxygen atoms in total. The van der Waals surface area contributed by atoms with E-state index in [0.29, 0.717) is 10.8 Å². The normalized spacial score (nSPS) is 10.8. The van der Waals surface area contributed by atoms with Gasteiger partial charge in [-0.1, -0.05) is 18.7 Å². The van der Waals surface area contributed by atoms with Gasteiger partial charge >= 0.3 is 5.97 Å². The first-order chi connectivity index (χ1) is 10.1. The number of carboxylic acids is 1. The number of carbonyl (C=O) groups is 1. The van der Waals surface area contributed by atoms with E-state index in [0.717, 1.165) is 28.8 Å². The molecule has 7 heteroatoms. The summed E-state index contributed by atoms with van der Waals surface area (Å²) in [6, 6.07) is 3.09. The highest BCUT2D eigenvalue weighted by atomic mass is 79.9. The summed E-state index contributed by atoms with van der Waals surface area (Å²) in [5, 5.41) is 14.2. The molecule has 2 aromatic heterocycles. The van der Waals surface area contributed by atoms with Crippen molar-refractivity contribution in [2.75, 3.05) is 0 Å². The second-order valence-corrected chi connectivity index (χ2v) is 6.14. The Kier molecular flexibility index (Phi) is 5.41. The fourth-order valence-corrected chi connectivity index (χ4v) is 3.73. The zero-order valence-electron chi connectivity index (χ0n) is 11.8. The van der Waals surface area contributed by atoms with Crippen LogP contribution in [0.25, 0.3) is 0 Å². The topological polar surface area (TPSA) is 68.0 Å². The Morgan fingerprint density at radius 2 is 2.24 bits per heavy atom. The van der Waals surface area contributed by atoms with Crippen molar-refractivity contribution in [2.45, 2.75) is 37.6 Å². The summed E-state index contributed by atoms with van der Waals surface area (Å²) in [4.78, 5) is 15.2. The van der Waals surface area contributed by atoms with Crippen LogP contribution in [0.2, 0.25) is 0 Å². The Labute approximate surface area is 135 Å². The van der Waals surface area contributed by atoms with Crippen LogP contribution in [0.4, 0.5) is 0 Å². The van der Waals surface area contributed by atoms with Gasteiger partial charge in [0, 0.05) is 18.5 Å². The zero-order chi connectivity index (χ0) is 15.4. The standard InChI is InChI=1S/C14H16BrN3O2S/c1-3-10-13(15)11(18(4-2)17-10)8-21-12-7-9(14(19)20)5-6-16-12/h5-7H,3-4,8H2,1-2H3,(H,19,20). The van der Waals surface area contributed by atoms with Gasteiger partial charge in [0.1, 0.15) is 0 Å². The highest BCUT2D eigenvalue weighted by molar-refractivity contribution is 9.10. The molecule has 112 valence electrons. The lowest BCUT2D eigenvalue weighted by Gasteiger charge is -2.05. The van der Waals surface area contributed by atoms with Gasteiger partial charge in [0.05, 0.1) is 26.4 Å². The molecule has 2 aromatic rings. The molecule has 2 rings (SSSR count). The van der Waals surface area contributed by atoms with Crippen LogP contribution in [-0.4, -0.2) is 25.8 Å². The first-order valence-electron chi connectivity index (χ1n) is 6.63. The number of aryl methyl sites for hydroxylation is 2. The van der Waals surface area contributed by atoms with Gasteiger partial charge in [-0.3, -0.25) is 4.68 Å². The summed E-state index contributed by atoms with van der Waals surface area (Å²) in [7, 11) is 0. The van der Waals surface area contributed by atoms with Crippen molar-refractivity contribution in [3.8, 4) is 0 Å². The number of carboxylic acid groups (broad SMARTS) is 1. The van der Waals surface area contributed by atoms with Crippen LogP contribution >= 0.6 is 27.7 Å². The van der Waals surface area contributed by atoms with E-state index in [9.17, 15) is 4.79 Å². The SMILES string of the molecule is CCc1nn(CC)c(CSc2cc(C(=O)O)ccn2)c1Br. The van der Waals surface area contributed by atoms with Crippen LogP contribution in [-0.2, 0) is 18.7 Å². The fraction of sp³-hybridized carbons (Fsp3) is 0.357. The third-order valence-corrected chi connectivity index (χ3v) is 4.88. The summed E-state index contributed by atoms with van der Waals surface area (Å²) in [5.74, 6) is -0.246. The Bertz CT molecular complexity index is 658. The maximum Gasteiger partial charge on any atom is 0.335 e. The minimum atomic E-state index is -0.938. The molecule has 0 saturated carbocycles. The predicted octanol–water partition coefficient (Wildman–Crippen LogP) is 3.61. The Morgan fingerprint density at radius 1 is 1.48 bits per heavy atom. The molecule has 0 bridgehead atoms. The Hall–Kier alpha value is -1.34. The van der Waals surface area contributed by atoms with Crippen LogP contribution < -0.4 is 0 Å². The molecule has 2 heterocycles. The molecule has 0 aliphatic heterocycles. The predicted molar refractivity (Wildman–Crippen MR) is 85.7 cm³/mol. The molecule has 0 unspecified atom stereocenters. The van der Waals surface area contributed by atoms with Gasteiger partial charge in [-0.05, 0) is 41.4 Å². The largest absolute Gasteiger partial charge is 0.478 e. The van der Waals surface area contributed by atoms with E-state index in [1.165, 1.54) is 24.0 Å². The third kappa shape index (κ3) is 3.65. The molecule has 0 saturated heterocycles. The van der Waals surface area contributed by atoms with E-state index in [-0.39, 0.29) is 5.56 Å². The molecule has 0 atom stereocenters. The molecular formula is C14H16BrN3O2S. The van der Waals surface area contributed by atoms with Crippen molar-refractivity contribution in [2.24, 2.45) is 0 Å². The summed E-state index contributed by atoms with van der Waals surface area (Å²) < 4.78 is 3.01. The minimum Gasteiger partial charge on any atom is -0.478 e. The van der Waals surface area contributed by atoms with Crippen molar-refractivity contribution in [3.05, 3.63) is 39.8 Å². The fourth-order valence-electron chi connectivity index (χ4n) is 1.92. The average Bonchev–Trinajstić information content (AvgIpc) is 2.81. The number of pyridine rings is 1. The maximum absolute atomic E-state index is 11.0. The van der Waals surface area contributed by atoms with Crippen LogP contribution in [0.1, 0.15) is 35.6 Å². The third-order valence-electron chi connectivity index (χ3n) is 3.03. The van der Waals surface area contributed by atoms with Gasteiger partial charge in [0.15, 0.2) is 0 Å². The molecule has 0 aromatic carbocycles. The number of hydrogen-bond acceptors (Lipinski definition) is 4. The molecule has 0 radical (unpaired) electrons. The molecule has 0 aliphatic carbocycles. The lowest BCUT2D eigenvalue weighted by molar-refractivity contribution is 0.0696. The Balaban J connectivity index is 2.18. The number of thioether (sulfide) groups is 1. The summed E-state index contributed by atoms with van der Waals surface area (Å²) in [6.45, 7) is 4.93. The molecule has 0 fully saturated rings. The highest BCUT2D eigenvalue weighted by Gasteiger charge is 2.14. The van der Waals surface area contributed by atoms with Gasteiger partial charge in [-0.2, -0.15) is 5.10 Å². The van der Waals surface area contributed by atoms with Gasteiger partial charge in [0.2, 0.25) is 0 Å². The van der Waals surface area contributed by atoms with Crippen LogP contribution in [0, 0.1) is 0 Å². The minimum absolute atomic E-state index is 0.254. The number of hydrogen-bond donors (Lipinski definition) is 1. The molecule has 0 spiro atoms. The van der Waals surface area contributed by atoms with E-state index in [2.05, 4.69) is 39.9 Å². The number of nitrogens with zero attached hydrogens (tertiary/aromatic N) is 3. The van der Waals surface area contributed by atoms with Crippen LogP contribution in [0.3, 0.4) is 0 Å². The van der Waals surface area contributed by atoms with Gasteiger partial charge in [-0.25, -0.2) is 9.78 Å². The van der Waals surface area contributed by atoms with E-state index < -0.39 is 5.97 Å². The van der Waals surface area contributed by atoms with Crippen LogP contribution in [0.15, 0.2) is 27.8 Å².